The second-order valence-electron chi connectivity index (χ2n) is 9.87. The molecular weight excluding hydrogens is 454 g/mol. The van der Waals surface area contributed by atoms with Crippen molar-refractivity contribution in [3.8, 4) is 0 Å². The number of nitrogens with zero attached hydrogens (tertiary/aromatic N) is 4. The summed E-state index contributed by atoms with van der Waals surface area (Å²) in [4.78, 5) is 29.4. The number of hydrogen-bond acceptors (Lipinski definition) is 5. The number of aromatic nitrogens is 3. The Kier molecular flexibility index (Phi) is 6.97. The molecule has 0 aliphatic rings. The fourth-order valence-electron chi connectivity index (χ4n) is 4.20. The summed E-state index contributed by atoms with van der Waals surface area (Å²) < 4.78 is 7.51. The van der Waals surface area contributed by atoms with Crippen molar-refractivity contribution in [1.82, 2.24) is 20.3 Å². The largest absolute Gasteiger partial charge is 0.464 e. The maximum atomic E-state index is 14.1. The molecule has 36 heavy (non-hydrogen) atoms. The van der Waals surface area contributed by atoms with Crippen LogP contribution in [0.3, 0.4) is 0 Å². The van der Waals surface area contributed by atoms with Gasteiger partial charge in [-0.1, -0.05) is 42.0 Å². The van der Waals surface area contributed by atoms with Gasteiger partial charge >= 0.3 is 0 Å². The van der Waals surface area contributed by atoms with E-state index in [4.69, 9.17) is 4.42 Å². The third-order valence-corrected chi connectivity index (χ3v) is 6.47. The molecule has 8 heteroatoms. The first-order valence-electron chi connectivity index (χ1n) is 12.2. The van der Waals surface area contributed by atoms with Crippen molar-refractivity contribution < 1.29 is 14.0 Å². The Balaban J connectivity index is 1.83. The van der Waals surface area contributed by atoms with Gasteiger partial charge in [0, 0.05) is 11.2 Å². The van der Waals surface area contributed by atoms with Gasteiger partial charge in [-0.3, -0.25) is 14.5 Å². The molecule has 0 unspecified atom stereocenters. The normalized spacial score (nSPS) is 12.5. The average molecular weight is 488 g/mol. The molecule has 0 aliphatic carbocycles. The molecule has 0 saturated carbocycles. The summed E-state index contributed by atoms with van der Waals surface area (Å²) in [6.45, 7) is 11.6. The quantitative estimate of drug-likeness (QED) is 0.376. The molecule has 0 aliphatic heterocycles. The Morgan fingerprint density at radius 1 is 1.08 bits per heavy atom. The van der Waals surface area contributed by atoms with Crippen molar-refractivity contribution in [3.05, 3.63) is 77.2 Å². The number of benzene rings is 2. The van der Waals surface area contributed by atoms with Gasteiger partial charge in [0.25, 0.3) is 5.91 Å². The molecule has 0 spiro atoms. The van der Waals surface area contributed by atoms with E-state index in [-0.39, 0.29) is 18.4 Å². The Morgan fingerprint density at radius 2 is 1.83 bits per heavy atom. The number of carbonyl (C=O) groups is 2. The highest BCUT2D eigenvalue weighted by Crippen LogP contribution is 2.33. The third kappa shape index (κ3) is 5.17. The van der Waals surface area contributed by atoms with Crippen LogP contribution < -0.4 is 10.2 Å². The van der Waals surface area contributed by atoms with Gasteiger partial charge in [0.05, 0.1) is 5.52 Å². The van der Waals surface area contributed by atoms with E-state index in [1.807, 2.05) is 84.0 Å². The molecule has 8 nitrogen and oxygen atoms in total. The van der Waals surface area contributed by atoms with E-state index in [2.05, 4.69) is 15.6 Å². The highest BCUT2D eigenvalue weighted by Gasteiger charge is 2.37. The van der Waals surface area contributed by atoms with Crippen LogP contribution in [-0.2, 0) is 16.1 Å². The number of amides is 2. The lowest BCUT2D eigenvalue weighted by atomic mass is 10.00. The predicted molar refractivity (Wildman–Crippen MR) is 140 cm³/mol. The molecule has 4 rings (SSSR count). The molecule has 1 atom stereocenters. The van der Waals surface area contributed by atoms with Crippen molar-refractivity contribution >= 4 is 28.5 Å². The van der Waals surface area contributed by atoms with Gasteiger partial charge in [-0.15, -0.1) is 5.10 Å². The predicted octanol–water partition coefficient (Wildman–Crippen LogP) is 5.03. The van der Waals surface area contributed by atoms with Gasteiger partial charge in [-0.2, -0.15) is 0 Å². The molecule has 0 saturated heterocycles. The maximum Gasteiger partial charge on any atom is 0.251 e. The lowest BCUT2D eigenvalue weighted by Crippen LogP contribution is -2.51. The number of rotatable bonds is 8. The van der Waals surface area contributed by atoms with E-state index in [0.29, 0.717) is 22.7 Å². The van der Waals surface area contributed by atoms with Crippen molar-refractivity contribution in [2.24, 2.45) is 0 Å². The topological polar surface area (TPSA) is 93.3 Å². The molecule has 2 aromatic carbocycles. The standard InChI is InChI=1S/C28H33N5O3/c1-7-28(5,6)29-27(35)26(24-15-13-20(4)36-24)33(22-14-12-18(2)16-19(22)3)25(34)17-32-23-11-9-8-10-21(23)30-31-32/h8-16,26H,7,17H2,1-6H3,(H,29,35)/t26-/m0/s1. The molecule has 1 N–H and O–H groups in total. The van der Waals surface area contributed by atoms with Crippen LogP contribution in [0.15, 0.2) is 59.0 Å². The van der Waals surface area contributed by atoms with E-state index < -0.39 is 11.6 Å². The molecular formula is C28H33N5O3. The zero-order valence-electron chi connectivity index (χ0n) is 21.7. The SMILES string of the molecule is CCC(C)(C)NC(=O)[C@H](c1ccc(C)o1)N(C(=O)Cn1nnc2ccccc21)c1ccc(C)cc1C. The average Bonchev–Trinajstić information content (AvgIpc) is 3.43. The lowest BCUT2D eigenvalue weighted by molar-refractivity contribution is -0.128. The Hall–Kier alpha value is -3.94. The zero-order chi connectivity index (χ0) is 26.0. The first-order valence-corrected chi connectivity index (χ1v) is 12.2. The highest BCUT2D eigenvalue weighted by molar-refractivity contribution is 6.02. The van der Waals surface area contributed by atoms with Gasteiger partial charge < -0.3 is 9.73 Å². The summed E-state index contributed by atoms with van der Waals surface area (Å²) in [5, 5.41) is 11.5. The molecule has 4 aromatic rings. The van der Waals surface area contributed by atoms with Crippen LogP contribution in [0.4, 0.5) is 5.69 Å². The molecule has 0 fully saturated rings. The number of anilines is 1. The number of para-hydroxylation sites is 1. The lowest BCUT2D eigenvalue weighted by Gasteiger charge is -2.34. The first kappa shape index (κ1) is 25.2. The van der Waals surface area contributed by atoms with E-state index in [1.165, 1.54) is 4.90 Å². The van der Waals surface area contributed by atoms with Crippen molar-refractivity contribution in [1.29, 1.82) is 0 Å². The first-order chi connectivity index (χ1) is 17.1. The minimum atomic E-state index is -1.01. The molecule has 188 valence electrons. The molecule has 2 amide bonds. The van der Waals surface area contributed by atoms with Crippen LogP contribution in [0.25, 0.3) is 11.0 Å². The van der Waals surface area contributed by atoms with Gasteiger partial charge in [0.1, 0.15) is 23.6 Å². The zero-order valence-corrected chi connectivity index (χ0v) is 21.7. The number of aryl methyl sites for hydroxylation is 3. The summed E-state index contributed by atoms with van der Waals surface area (Å²) in [7, 11) is 0. The van der Waals surface area contributed by atoms with E-state index >= 15 is 0 Å². The smallest absolute Gasteiger partial charge is 0.251 e. The maximum absolute atomic E-state index is 14.1. The summed E-state index contributed by atoms with van der Waals surface area (Å²) in [5.41, 5.74) is 3.56. The van der Waals surface area contributed by atoms with Crippen LogP contribution in [0, 0.1) is 20.8 Å². The molecule has 0 bridgehead atoms. The minimum Gasteiger partial charge on any atom is -0.464 e. The Labute approximate surface area is 211 Å². The fourth-order valence-corrected chi connectivity index (χ4v) is 4.20. The molecule has 2 aromatic heterocycles. The van der Waals surface area contributed by atoms with Crippen LogP contribution >= 0.6 is 0 Å². The van der Waals surface area contributed by atoms with Gasteiger partial charge in [-0.05, 0) is 76.9 Å². The summed E-state index contributed by atoms with van der Waals surface area (Å²) in [6, 6.07) is 15.8. The van der Waals surface area contributed by atoms with Crippen molar-refractivity contribution in [2.45, 2.75) is 66.1 Å². The Bertz CT molecular complexity index is 1400. The molecule has 0 radical (unpaired) electrons. The van der Waals surface area contributed by atoms with Crippen molar-refractivity contribution in [2.75, 3.05) is 4.90 Å². The highest BCUT2D eigenvalue weighted by atomic mass is 16.3. The van der Waals surface area contributed by atoms with Gasteiger partial charge in [0.2, 0.25) is 5.91 Å². The number of fused-ring (bicyclic) bond motifs is 1. The van der Waals surface area contributed by atoms with Crippen LogP contribution in [0.1, 0.15) is 55.9 Å². The Morgan fingerprint density at radius 3 is 2.50 bits per heavy atom. The minimum absolute atomic E-state index is 0.0888. The monoisotopic (exact) mass is 487 g/mol. The second-order valence-corrected chi connectivity index (χ2v) is 9.87. The molecule has 2 heterocycles. The van der Waals surface area contributed by atoms with Crippen molar-refractivity contribution in [3.63, 3.8) is 0 Å². The number of hydrogen-bond donors (Lipinski definition) is 1. The third-order valence-electron chi connectivity index (χ3n) is 6.47. The number of nitrogens with one attached hydrogen (secondary N) is 1. The van der Waals surface area contributed by atoms with Gasteiger partial charge in [-0.25, -0.2) is 4.68 Å². The van der Waals surface area contributed by atoms with Crippen LogP contribution in [-0.4, -0.2) is 32.3 Å². The summed E-state index contributed by atoms with van der Waals surface area (Å²) in [5.74, 6) is 0.440. The second kappa shape index (κ2) is 9.97. The van der Waals surface area contributed by atoms with Crippen LogP contribution in [0.2, 0.25) is 0 Å². The number of carbonyl (C=O) groups excluding carboxylic acids is 2. The van der Waals surface area contributed by atoms with Gasteiger partial charge in [0.15, 0.2) is 6.04 Å². The summed E-state index contributed by atoms with van der Waals surface area (Å²) >= 11 is 0. The van der Waals surface area contributed by atoms with E-state index in [9.17, 15) is 9.59 Å². The number of furan rings is 1. The van der Waals surface area contributed by atoms with E-state index in [1.54, 1.807) is 16.8 Å². The summed E-state index contributed by atoms with van der Waals surface area (Å²) in [6.07, 6.45) is 0.727. The fraction of sp³-hybridized carbons (Fsp3) is 0.357. The van der Waals surface area contributed by atoms with Crippen LogP contribution in [0.5, 0.6) is 0 Å². The van der Waals surface area contributed by atoms with E-state index in [0.717, 1.165) is 23.1 Å².